The van der Waals surface area contributed by atoms with Gasteiger partial charge in [-0.15, -0.1) is 0 Å². The van der Waals surface area contributed by atoms with Gasteiger partial charge in [-0.1, -0.05) is 18.2 Å². The number of rotatable bonds is 7. The normalized spacial score (nSPS) is 15.2. The van der Waals surface area contributed by atoms with Crippen LogP contribution < -0.4 is 10.6 Å². The molecule has 0 radical (unpaired) electrons. The Kier molecular flexibility index (Phi) is 7.24. The molecule has 0 atom stereocenters. The Morgan fingerprint density at radius 1 is 1.16 bits per heavy atom. The summed E-state index contributed by atoms with van der Waals surface area (Å²) in [4.78, 5) is 18.4. The number of nitrogens with zero attached hydrogens (tertiary/aromatic N) is 2. The van der Waals surface area contributed by atoms with Crippen LogP contribution in [0.15, 0.2) is 40.2 Å². The van der Waals surface area contributed by atoms with Crippen molar-refractivity contribution in [1.29, 1.82) is 0 Å². The zero-order chi connectivity index (χ0) is 18.1. The minimum Gasteiger partial charge on any atom is -0.357 e. The van der Waals surface area contributed by atoms with E-state index in [0.717, 1.165) is 25.9 Å². The number of nitrogens with one attached hydrogen (secondary N) is 2. The first-order valence-corrected chi connectivity index (χ1v) is 10.3. The summed E-state index contributed by atoms with van der Waals surface area (Å²) in [5, 5.41) is 6.01. The summed E-state index contributed by atoms with van der Waals surface area (Å²) in [5.74, 6) is 0.423. The lowest BCUT2D eigenvalue weighted by Crippen LogP contribution is -2.40. The number of carbonyl (C=O) groups excluding carboxylic acids is 1. The Hall–Kier alpha value is -2.09. The summed E-state index contributed by atoms with van der Waals surface area (Å²) in [6.07, 6.45) is 2.09. The van der Waals surface area contributed by atoms with Crippen LogP contribution in [0.4, 0.5) is 0 Å². The topological polar surface area (TPSA) is 90.9 Å². The Bertz CT molecular complexity index is 683. The van der Waals surface area contributed by atoms with E-state index in [1.54, 1.807) is 30.3 Å². The Labute approximate surface area is 149 Å². The third kappa shape index (κ3) is 6.04. The van der Waals surface area contributed by atoms with Crippen LogP contribution in [0.3, 0.4) is 0 Å². The second-order valence-corrected chi connectivity index (χ2v) is 7.95. The Balaban J connectivity index is 1.86. The lowest BCUT2D eigenvalue weighted by molar-refractivity contribution is -0.128. The van der Waals surface area contributed by atoms with Crippen molar-refractivity contribution in [1.82, 2.24) is 15.5 Å². The van der Waals surface area contributed by atoms with Gasteiger partial charge in [0.2, 0.25) is 5.91 Å². The second-order valence-electron chi connectivity index (χ2n) is 5.84. The summed E-state index contributed by atoms with van der Waals surface area (Å²) in [6.45, 7) is 4.44. The minimum atomic E-state index is -3.34. The predicted octanol–water partition coefficient (Wildman–Crippen LogP) is 0.638. The van der Waals surface area contributed by atoms with Crippen molar-refractivity contribution in [2.45, 2.75) is 24.7 Å². The van der Waals surface area contributed by atoms with Crippen LogP contribution in [0.2, 0.25) is 0 Å². The van der Waals surface area contributed by atoms with Crippen molar-refractivity contribution in [3.8, 4) is 0 Å². The van der Waals surface area contributed by atoms with Crippen LogP contribution in [0.25, 0.3) is 0 Å². The maximum absolute atomic E-state index is 12.3. The molecule has 1 amide bonds. The van der Waals surface area contributed by atoms with Gasteiger partial charge in [0.25, 0.3) is 0 Å². The molecule has 0 aliphatic carbocycles. The van der Waals surface area contributed by atoms with Crippen LogP contribution in [0, 0.1) is 0 Å². The van der Waals surface area contributed by atoms with Crippen LogP contribution in [0.1, 0.15) is 19.8 Å². The number of aliphatic imine (C=N–C) groups is 1. The summed E-state index contributed by atoms with van der Waals surface area (Å²) in [6, 6.07) is 8.36. The van der Waals surface area contributed by atoms with E-state index in [1.807, 2.05) is 11.8 Å². The number of sulfone groups is 1. The van der Waals surface area contributed by atoms with Crippen molar-refractivity contribution in [2.75, 3.05) is 38.5 Å². The van der Waals surface area contributed by atoms with Gasteiger partial charge < -0.3 is 15.5 Å². The Morgan fingerprint density at radius 3 is 2.48 bits per heavy atom. The molecule has 1 aromatic carbocycles. The van der Waals surface area contributed by atoms with Crippen LogP contribution in [0.5, 0.6) is 0 Å². The monoisotopic (exact) mass is 366 g/mol. The average molecular weight is 366 g/mol. The molecule has 1 aliphatic heterocycles. The summed E-state index contributed by atoms with van der Waals surface area (Å²) < 4.78 is 24.5. The van der Waals surface area contributed by atoms with E-state index in [1.165, 1.54) is 0 Å². The van der Waals surface area contributed by atoms with Crippen molar-refractivity contribution in [3.05, 3.63) is 30.3 Å². The van der Waals surface area contributed by atoms with E-state index >= 15 is 0 Å². The highest BCUT2D eigenvalue weighted by atomic mass is 32.2. The number of hydrogen-bond acceptors (Lipinski definition) is 4. The third-order valence-corrected chi connectivity index (χ3v) is 5.67. The number of benzene rings is 1. The molecule has 2 rings (SSSR count). The molecule has 0 saturated carbocycles. The van der Waals surface area contributed by atoms with Crippen molar-refractivity contribution in [2.24, 2.45) is 4.99 Å². The van der Waals surface area contributed by atoms with Gasteiger partial charge in [0.15, 0.2) is 15.8 Å². The molecule has 0 unspecified atom stereocenters. The molecule has 0 spiro atoms. The van der Waals surface area contributed by atoms with Crippen LogP contribution >= 0.6 is 0 Å². The van der Waals surface area contributed by atoms with E-state index in [2.05, 4.69) is 15.6 Å². The average Bonchev–Trinajstić information content (AvgIpc) is 3.15. The van der Waals surface area contributed by atoms with E-state index in [4.69, 9.17) is 0 Å². The molecule has 1 aliphatic rings. The first kappa shape index (κ1) is 19.2. The van der Waals surface area contributed by atoms with Gasteiger partial charge in [0.05, 0.1) is 10.6 Å². The van der Waals surface area contributed by atoms with Gasteiger partial charge >= 0.3 is 0 Å². The SMILES string of the molecule is CCNC(=NCC(=O)N1CCCC1)NCCS(=O)(=O)c1ccccc1. The van der Waals surface area contributed by atoms with Gasteiger partial charge in [0, 0.05) is 26.2 Å². The van der Waals surface area contributed by atoms with Gasteiger partial charge in [-0.3, -0.25) is 4.79 Å². The first-order chi connectivity index (χ1) is 12.0. The van der Waals surface area contributed by atoms with Crippen LogP contribution in [-0.4, -0.2) is 63.7 Å². The predicted molar refractivity (Wildman–Crippen MR) is 98.3 cm³/mol. The molecule has 7 nitrogen and oxygen atoms in total. The molecule has 1 heterocycles. The third-order valence-electron chi connectivity index (χ3n) is 3.94. The van der Waals surface area contributed by atoms with Gasteiger partial charge in [-0.05, 0) is 31.9 Å². The van der Waals surface area contributed by atoms with Gasteiger partial charge in [-0.25, -0.2) is 13.4 Å². The standard InChI is InChI=1S/C17H26N4O3S/c1-2-18-17(20-14-16(22)21-11-6-7-12-21)19-10-13-25(23,24)15-8-4-3-5-9-15/h3-5,8-9H,2,6-7,10-14H2,1H3,(H2,18,19,20). The molecule has 0 aromatic heterocycles. The largest absolute Gasteiger partial charge is 0.357 e. The maximum Gasteiger partial charge on any atom is 0.244 e. The summed E-state index contributed by atoms with van der Waals surface area (Å²) in [5.41, 5.74) is 0. The molecule has 8 heteroatoms. The highest BCUT2D eigenvalue weighted by molar-refractivity contribution is 7.91. The van der Waals surface area contributed by atoms with E-state index in [-0.39, 0.29) is 24.7 Å². The van der Waals surface area contributed by atoms with E-state index in [9.17, 15) is 13.2 Å². The van der Waals surface area contributed by atoms with E-state index in [0.29, 0.717) is 17.4 Å². The van der Waals surface area contributed by atoms with Crippen molar-refractivity contribution >= 4 is 21.7 Å². The van der Waals surface area contributed by atoms with Crippen molar-refractivity contribution in [3.63, 3.8) is 0 Å². The smallest absolute Gasteiger partial charge is 0.244 e. The highest BCUT2D eigenvalue weighted by Crippen LogP contribution is 2.09. The van der Waals surface area contributed by atoms with Crippen molar-refractivity contribution < 1.29 is 13.2 Å². The molecule has 1 fully saturated rings. The zero-order valence-electron chi connectivity index (χ0n) is 14.6. The lowest BCUT2D eigenvalue weighted by Gasteiger charge is -2.15. The molecular formula is C17H26N4O3S. The van der Waals surface area contributed by atoms with Gasteiger partial charge in [-0.2, -0.15) is 0 Å². The number of likely N-dealkylation sites (tertiary alicyclic amines) is 1. The number of amides is 1. The fourth-order valence-corrected chi connectivity index (χ4v) is 3.78. The quantitative estimate of drug-likeness (QED) is 0.546. The van der Waals surface area contributed by atoms with Crippen LogP contribution in [-0.2, 0) is 14.6 Å². The molecule has 1 aromatic rings. The van der Waals surface area contributed by atoms with E-state index < -0.39 is 9.84 Å². The summed E-state index contributed by atoms with van der Waals surface area (Å²) in [7, 11) is -3.34. The minimum absolute atomic E-state index is 0.00612. The van der Waals surface area contributed by atoms with Gasteiger partial charge in [0.1, 0.15) is 6.54 Å². The molecular weight excluding hydrogens is 340 g/mol. The molecule has 25 heavy (non-hydrogen) atoms. The Morgan fingerprint density at radius 2 is 1.84 bits per heavy atom. The summed E-state index contributed by atoms with van der Waals surface area (Å²) >= 11 is 0. The lowest BCUT2D eigenvalue weighted by atomic mass is 10.4. The highest BCUT2D eigenvalue weighted by Gasteiger charge is 2.17. The maximum atomic E-state index is 12.3. The molecule has 138 valence electrons. The number of hydrogen-bond donors (Lipinski definition) is 2. The number of carbonyl (C=O) groups is 1. The second kappa shape index (κ2) is 9.41. The number of guanidine groups is 1. The zero-order valence-corrected chi connectivity index (χ0v) is 15.4. The first-order valence-electron chi connectivity index (χ1n) is 8.60. The molecule has 2 N–H and O–H groups in total. The molecule has 1 saturated heterocycles. The fourth-order valence-electron chi connectivity index (χ4n) is 2.60. The molecule has 0 bridgehead atoms. The fraction of sp³-hybridized carbons (Fsp3) is 0.529.